The highest BCUT2D eigenvalue weighted by molar-refractivity contribution is 5.30. The molecule has 5 heteroatoms. The van der Waals surface area contributed by atoms with Crippen LogP contribution in [0.5, 0.6) is 5.75 Å². The summed E-state index contributed by atoms with van der Waals surface area (Å²) >= 11 is 0. The van der Waals surface area contributed by atoms with E-state index in [1.165, 1.54) is 25.0 Å². The fourth-order valence-electron chi connectivity index (χ4n) is 3.06. The molecule has 0 radical (unpaired) electrons. The fraction of sp³-hybridized carbons (Fsp3) is 0.800. The van der Waals surface area contributed by atoms with Crippen molar-refractivity contribution in [3.8, 4) is 5.75 Å². The Hall–Kier alpha value is -1.07. The summed E-state index contributed by atoms with van der Waals surface area (Å²) in [6.45, 7) is 1.86. The van der Waals surface area contributed by atoms with Gasteiger partial charge in [0, 0.05) is 18.5 Å². The molecule has 114 valence electrons. The molecule has 0 saturated heterocycles. The van der Waals surface area contributed by atoms with Crippen molar-refractivity contribution >= 4 is 0 Å². The Morgan fingerprint density at radius 2 is 2.10 bits per heavy atom. The second kappa shape index (κ2) is 7.09. The van der Waals surface area contributed by atoms with E-state index in [4.69, 9.17) is 10.5 Å². The monoisotopic (exact) mass is 280 g/mol. The van der Waals surface area contributed by atoms with Gasteiger partial charge in [-0.05, 0) is 26.9 Å². The molecule has 0 aliphatic heterocycles. The number of hydrogen-bond acceptors (Lipinski definition) is 4. The molecule has 1 aliphatic rings. The first-order valence-electron chi connectivity index (χ1n) is 7.63. The number of ether oxygens (including phenoxy) is 1. The van der Waals surface area contributed by atoms with Crippen LogP contribution >= 0.6 is 0 Å². The average Bonchev–Trinajstić information content (AvgIpc) is 2.71. The Kier molecular flexibility index (Phi) is 5.43. The summed E-state index contributed by atoms with van der Waals surface area (Å²) in [7, 11) is 5.88. The van der Waals surface area contributed by atoms with Crippen LogP contribution in [0, 0.1) is 0 Å². The van der Waals surface area contributed by atoms with E-state index in [2.05, 4.69) is 28.8 Å². The Balaban J connectivity index is 2.24. The molecule has 1 aliphatic carbocycles. The third-order valence-electron chi connectivity index (χ3n) is 4.24. The number of nitrogens with two attached hydrogens (primary N) is 1. The molecule has 2 unspecified atom stereocenters. The molecule has 0 amide bonds. The van der Waals surface area contributed by atoms with E-state index in [1.54, 1.807) is 7.11 Å². The van der Waals surface area contributed by atoms with Crippen molar-refractivity contribution in [2.45, 2.75) is 50.6 Å². The normalized spacial score (nSPS) is 23.9. The molecule has 2 rings (SSSR count). The molecule has 20 heavy (non-hydrogen) atoms. The second-order valence-corrected chi connectivity index (χ2v) is 6.03. The average molecular weight is 280 g/mol. The van der Waals surface area contributed by atoms with E-state index in [0.29, 0.717) is 5.92 Å². The van der Waals surface area contributed by atoms with E-state index >= 15 is 0 Å². The summed E-state index contributed by atoms with van der Waals surface area (Å²) in [5.74, 6) is 1.27. The van der Waals surface area contributed by atoms with Gasteiger partial charge in [-0.15, -0.1) is 0 Å². The van der Waals surface area contributed by atoms with Crippen molar-refractivity contribution < 1.29 is 4.74 Å². The highest BCUT2D eigenvalue weighted by Crippen LogP contribution is 2.35. The quantitative estimate of drug-likeness (QED) is 0.836. The number of nitrogens with zero attached hydrogens (tertiary/aromatic N) is 3. The summed E-state index contributed by atoms with van der Waals surface area (Å²) in [6, 6.07) is 0.223. The van der Waals surface area contributed by atoms with Crippen molar-refractivity contribution in [2.75, 3.05) is 27.7 Å². The van der Waals surface area contributed by atoms with Gasteiger partial charge in [0.15, 0.2) is 5.75 Å². The zero-order chi connectivity index (χ0) is 14.5. The second-order valence-electron chi connectivity index (χ2n) is 6.03. The molecule has 2 atom stereocenters. The van der Waals surface area contributed by atoms with Gasteiger partial charge in [-0.2, -0.15) is 5.10 Å². The van der Waals surface area contributed by atoms with Gasteiger partial charge in [-0.1, -0.05) is 19.3 Å². The minimum Gasteiger partial charge on any atom is -0.493 e. The van der Waals surface area contributed by atoms with E-state index in [9.17, 15) is 0 Å². The molecule has 1 aromatic heterocycles. The molecule has 0 aromatic carbocycles. The molecule has 2 N–H and O–H groups in total. The Morgan fingerprint density at radius 3 is 2.80 bits per heavy atom. The van der Waals surface area contributed by atoms with Crippen LogP contribution in [-0.2, 0) is 6.54 Å². The zero-order valence-electron chi connectivity index (χ0n) is 13.0. The maximum Gasteiger partial charge on any atom is 0.160 e. The smallest absolute Gasteiger partial charge is 0.160 e. The molecule has 1 heterocycles. The predicted molar refractivity (Wildman–Crippen MR) is 81.1 cm³/mol. The molecule has 1 aromatic rings. The Labute approximate surface area is 122 Å². The van der Waals surface area contributed by atoms with Gasteiger partial charge >= 0.3 is 0 Å². The third kappa shape index (κ3) is 3.52. The van der Waals surface area contributed by atoms with E-state index in [1.807, 2.05) is 6.20 Å². The highest BCUT2D eigenvalue weighted by atomic mass is 16.5. The summed E-state index contributed by atoms with van der Waals surface area (Å²) in [5, 5.41) is 4.51. The summed E-state index contributed by atoms with van der Waals surface area (Å²) in [6.07, 6.45) is 7.87. The molecule has 5 nitrogen and oxygen atoms in total. The van der Waals surface area contributed by atoms with Crippen LogP contribution in [0.3, 0.4) is 0 Å². The molecular formula is C15H28N4O. The topological polar surface area (TPSA) is 56.3 Å². The lowest BCUT2D eigenvalue weighted by molar-refractivity contribution is 0.352. The van der Waals surface area contributed by atoms with Crippen molar-refractivity contribution in [1.29, 1.82) is 0 Å². The molecular weight excluding hydrogens is 252 g/mol. The third-order valence-corrected chi connectivity index (χ3v) is 4.24. The van der Waals surface area contributed by atoms with Crippen molar-refractivity contribution in [3.63, 3.8) is 0 Å². The van der Waals surface area contributed by atoms with Gasteiger partial charge in [-0.3, -0.25) is 4.68 Å². The Bertz CT molecular complexity index is 416. The largest absolute Gasteiger partial charge is 0.493 e. The van der Waals surface area contributed by atoms with Crippen molar-refractivity contribution in [1.82, 2.24) is 14.7 Å². The van der Waals surface area contributed by atoms with Crippen LogP contribution < -0.4 is 10.5 Å². The summed E-state index contributed by atoms with van der Waals surface area (Å²) < 4.78 is 7.61. The minimum absolute atomic E-state index is 0.223. The van der Waals surface area contributed by atoms with Crippen LogP contribution in [0.1, 0.15) is 43.7 Å². The van der Waals surface area contributed by atoms with Gasteiger partial charge in [0.25, 0.3) is 0 Å². The lowest BCUT2D eigenvalue weighted by atomic mass is 9.91. The van der Waals surface area contributed by atoms with Gasteiger partial charge in [0.1, 0.15) is 0 Å². The standard InChI is InChI=1S/C15H28N4O/c1-18(2)9-10-19-15(14(20-3)11-17-19)12-7-5-4-6-8-13(12)16/h11-13H,4-10,16H2,1-3H3. The van der Waals surface area contributed by atoms with Gasteiger partial charge in [-0.25, -0.2) is 0 Å². The minimum atomic E-state index is 0.223. The summed E-state index contributed by atoms with van der Waals surface area (Å²) in [4.78, 5) is 2.17. The number of methoxy groups -OCH3 is 1. The fourth-order valence-corrected chi connectivity index (χ4v) is 3.06. The van der Waals surface area contributed by atoms with Gasteiger partial charge < -0.3 is 15.4 Å². The zero-order valence-corrected chi connectivity index (χ0v) is 13.0. The van der Waals surface area contributed by atoms with Crippen molar-refractivity contribution in [2.24, 2.45) is 5.73 Å². The van der Waals surface area contributed by atoms with Crippen LogP contribution in [0.15, 0.2) is 6.20 Å². The van der Waals surface area contributed by atoms with E-state index < -0.39 is 0 Å². The summed E-state index contributed by atoms with van der Waals surface area (Å²) in [5.41, 5.74) is 7.61. The number of rotatable bonds is 5. The molecule has 1 saturated carbocycles. The van der Waals surface area contributed by atoms with Gasteiger partial charge in [0.05, 0.1) is 25.5 Å². The van der Waals surface area contributed by atoms with Crippen LogP contribution in [0.4, 0.5) is 0 Å². The first-order chi connectivity index (χ1) is 9.63. The SMILES string of the molecule is COc1cnn(CCN(C)C)c1C1CCCCCC1N. The van der Waals surface area contributed by atoms with Crippen molar-refractivity contribution in [3.05, 3.63) is 11.9 Å². The predicted octanol–water partition coefficient (Wildman–Crippen LogP) is 1.83. The maximum atomic E-state index is 6.41. The van der Waals surface area contributed by atoms with E-state index in [0.717, 1.165) is 31.7 Å². The first kappa shape index (κ1) is 15.3. The lowest BCUT2D eigenvalue weighted by Gasteiger charge is -2.24. The lowest BCUT2D eigenvalue weighted by Crippen LogP contribution is -2.30. The maximum absolute atomic E-state index is 6.41. The number of hydrogen-bond donors (Lipinski definition) is 1. The van der Waals surface area contributed by atoms with Crippen LogP contribution in [0.25, 0.3) is 0 Å². The molecule has 0 spiro atoms. The van der Waals surface area contributed by atoms with Gasteiger partial charge in [0.2, 0.25) is 0 Å². The molecule has 1 fully saturated rings. The van der Waals surface area contributed by atoms with E-state index in [-0.39, 0.29) is 6.04 Å². The first-order valence-corrected chi connectivity index (χ1v) is 7.63. The highest BCUT2D eigenvalue weighted by Gasteiger charge is 2.28. The number of aromatic nitrogens is 2. The number of likely N-dealkylation sites (N-methyl/N-ethyl adjacent to an activating group) is 1. The van der Waals surface area contributed by atoms with Crippen LogP contribution in [0.2, 0.25) is 0 Å². The Morgan fingerprint density at radius 1 is 1.35 bits per heavy atom. The van der Waals surface area contributed by atoms with Crippen LogP contribution in [-0.4, -0.2) is 48.5 Å². The molecule has 0 bridgehead atoms.